The smallest absolute Gasteiger partial charge is 0.240 e. The average molecular weight is 360 g/mol. The van der Waals surface area contributed by atoms with Crippen molar-refractivity contribution in [3.05, 3.63) is 29.8 Å². The highest BCUT2D eigenvalue weighted by Crippen LogP contribution is 2.24. The fourth-order valence-electron chi connectivity index (χ4n) is 1.94. The number of hydrogen-bond acceptors (Lipinski definition) is 5. The number of thioether (sulfide) groups is 1. The van der Waals surface area contributed by atoms with E-state index < -0.39 is 5.25 Å². The maximum atomic E-state index is 12.2. The second kappa shape index (κ2) is 7.82. The maximum Gasteiger partial charge on any atom is 0.240 e. The molecule has 2 amide bonds. The zero-order chi connectivity index (χ0) is 18.6. The SMILES string of the molecule is C/C(=N/N=C1\NC(=O)[C@@H](CC(=O)Nc2ccccc2C)S1)C(C)(C)C. The van der Waals surface area contributed by atoms with Gasteiger partial charge in [-0.2, -0.15) is 5.10 Å². The summed E-state index contributed by atoms with van der Waals surface area (Å²) in [4.78, 5) is 24.2. The number of para-hydroxylation sites is 1. The van der Waals surface area contributed by atoms with Gasteiger partial charge in [0.25, 0.3) is 0 Å². The molecule has 7 heteroatoms. The first-order valence-electron chi connectivity index (χ1n) is 8.12. The molecule has 134 valence electrons. The van der Waals surface area contributed by atoms with E-state index in [1.807, 2.05) is 58.9 Å². The first kappa shape index (κ1) is 19.2. The highest BCUT2D eigenvalue weighted by molar-refractivity contribution is 8.15. The number of anilines is 1. The summed E-state index contributed by atoms with van der Waals surface area (Å²) in [5, 5.41) is 13.7. The van der Waals surface area contributed by atoms with Gasteiger partial charge < -0.3 is 10.6 Å². The molecule has 1 fully saturated rings. The van der Waals surface area contributed by atoms with Crippen LogP contribution in [0.1, 0.15) is 39.7 Å². The Kier molecular flexibility index (Phi) is 6.00. The Morgan fingerprint density at radius 3 is 2.64 bits per heavy atom. The van der Waals surface area contributed by atoms with Gasteiger partial charge in [-0.05, 0) is 25.5 Å². The van der Waals surface area contributed by atoms with Crippen molar-refractivity contribution < 1.29 is 9.59 Å². The van der Waals surface area contributed by atoms with E-state index in [0.29, 0.717) is 5.17 Å². The van der Waals surface area contributed by atoms with Crippen LogP contribution in [0.3, 0.4) is 0 Å². The molecule has 0 bridgehead atoms. The van der Waals surface area contributed by atoms with Crippen LogP contribution in [0.2, 0.25) is 0 Å². The number of carbonyl (C=O) groups excluding carboxylic acids is 2. The highest BCUT2D eigenvalue weighted by Gasteiger charge is 2.32. The Morgan fingerprint density at radius 1 is 1.32 bits per heavy atom. The second-order valence-corrected chi connectivity index (χ2v) is 8.19. The van der Waals surface area contributed by atoms with Crippen LogP contribution in [0.4, 0.5) is 5.69 Å². The lowest BCUT2D eigenvalue weighted by Crippen LogP contribution is -2.28. The van der Waals surface area contributed by atoms with E-state index in [1.165, 1.54) is 11.8 Å². The molecule has 1 aliphatic heterocycles. The zero-order valence-electron chi connectivity index (χ0n) is 15.2. The van der Waals surface area contributed by atoms with Crippen molar-refractivity contribution in [2.24, 2.45) is 15.6 Å². The van der Waals surface area contributed by atoms with Crippen LogP contribution in [-0.4, -0.2) is 27.9 Å². The second-order valence-electron chi connectivity index (χ2n) is 7.00. The van der Waals surface area contributed by atoms with Crippen molar-refractivity contribution >= 4 is 40.1 Å². The first-order chi connectivity index (χ1) is 11.7. The van der Waals surface area contributed by atoms with Crippen LogP contribution in [0.15, 0.2) is 34.5 Å². The van der Waals surface area contributed by atoms with Gasteiger partial charge in [0.05, 0.1) is 0 Å². The number of benzene rings is 1. The van der Waals surface area contributed by atoms with E-state index in [2.05, 4.69) is 20.8 Å². The number of carbonyl (C=O) groups is 2. The highest BCUT2D eigenvalue weighted by atomic mass is 32.2. The van der Waals surface area contributed by atoms with Crippen LogP contribution in [-0.2, 0) is 9.59 Å². The van der Waals surface area contributed by atoms with Crippen LogP contribution in [0.25, 0.3) is 0 Å². The third-order valence-electron chi connectivity index (χ3n) is 3.94. The van der Waals surface area contributed by atoms with Crippen LogP contribution >= 0.6 is 11.8 Å². The fourth-order valence-corrected chi connectivity index (χ4v) is 2.86. The van der Waals surface area contributed by atoms with E-state index in [1.54, 1.807) is 0 Å². The van der Waals surface area contributed by atoms with Gasteiger partial charge in [0.2, 0.25) is 11.8 Å². The summed E-state index contributed by atoms with van der Waals surface area (Å²) >= 11 is 1.24. The molecule has 2 N–H and O–H groups in total. The quantitative estimate of drug-likeness (QED) is 0.638. The molecular weight excluding hydrogens is 336 g/mol. The van der Waals surface area contributed by atoms with E-state index in [4.69, 9.17) is 0 Å². The van der Waals surface area contributed by atoms with Crippen molar-refractivity contribution in [1.82, 2.24) is 5.32 Å². The molecule has 0 aliphatic carbocycles. The summed E-state index contributed by atoms with van der Waals surface area (Å²) in [7, 11) is 0. The molecule has 6 nitrogen and oxygen atoms in total. The molecule has 1 aliphatic rings. The fraction of sp³-hybridized carbons (Fsp3) is 0.444. The number of hydrogen-bond donors (Lipinski definition) is 2. The maximum absolute atomic E-state index is 12.2. The largest absolute Gasteiger partial charge is 0.326 e. The van der Waals surface area contributed by atoms with Gasteiger partial charge in [-0.1, -0.05) is 50.7 Å². The number of nitrogens with one attached hydrogen (secondary N) is 2. The minimum atomic E-state index is -0.493. The van der Waals surface area contributed by atoms with Gasteiger partial charge in [-0.25, -0.2) is 0 Å². The van der Waals surface area contributed by atoms with Crippen molar-refractivity contribution in [1.29, 1.82) is 0 Å². The molecule has 1 aromatic rings. The molecule has 0 radical (unpaired) electrons. The predicted molar refractivity (Wildman–Crippen MR) is 104 cm³/mol. The van der Waals surface area contributed by atoms with Crippen LogP contribution in [0.5, 0.6) is 0 Å². The number of rotatable bonds is 4. The van der Waals surface area contributed by atoms with Gasteiger partial charge in [-0.15, -0.1) is 5.10 Å². The third-order valence-corrected chi connectivity index (χ3v) is 5.01. The monoisotopic (exact) mass is 360 g/mol. The van der Waals surface area contributed by atoms with Crippen LogP contribution in [0, 0.1) is 12.3 Å². The van der Waals surface area contributed by atoms with Gasteiger partial charge >= 0.3 is 0 Å². The first-order valence-corrected chi connectivity index (χ1v) is 9.00. The Balaban J connectivity index is 1.97. The number of nitrogens with zero attached hydrogens (tertiary/aromatic N) is 2. The molecule has 25 heavy (non-hydrogen) atoms. The molecule has 0 aromatic heterocycles. The van der Waals surface area contributed by atoms with Crippen molar-refractivity contribution in [2.45, 2.75) is 46.3 Å². The summed E-state index contributed by atoms with van der Waals surface area (Å²) < 4.78 is 0. The van der Waals surface area contributed by atoms with Crippen LogP contribution < -0.4 is 10.6 Å². The third kappa shape index (κ3) is 5.42. The molecule has 1 saturated heterocycles. The molecular formula is C18H24N4O2S. The van der Waals surface area contributed by atoms with Gasteiger partial charge in [0.1, 0.15) is 5.25 Å². The Morgan fingerprint density at radius 2 is 2.00 bits per heavy atom. The summed E-state index contributed by atoms with van der Waals surface area (Å²) in [6.45, 7) is 9.97. The number of aryl methyl sites for hydroxylation is 1. The Labute approximate surface area is 152 Å². The molecule has 1 aromatic carbocycles. The summed E-state index contributed by atoms with van der Waals surface area (Å²) in [6, 6.07) is 7.53. The topological polar surface area (TPSA) is 82.9 Å². The van der Waals surface area contributed by atoms with E-state index in [9.17, 15) is 9.59 Å². The lowest BCUT2D eigenvalue weighted by Gasteiger charge is -2.16. The molecule has 1 heterocycles. The van der Waals surface area contributed by atoms with Crippen molar-refractivity contribution in [3.63, 3.8) is 0 Å². The van der Waals surface area contributed by atoms with Gasteiger partial charge in [-0.3, -0.25) is 9.59 Å². The van der Waals surface area contributed by atoms with E-state index in [0.717, 1.165) is 17.0 Å². The summed E-state index contributed by atoms with van der Waals surface area (Å²) in [5.74, 6) is -0.412. The van der Waals surface area contributed by atoms with Crippen molar-refractivity contribution in [3.8, 4) is 0 Å². The number of amides is 2. The molecule has 0 saturated carbocycles. The molecule has 0 unspecified atom stereocenters. The van der Waals surface area contributed by atoms with E-state index >= 15 is 0 Å². The number of amidine groups is 1. The molecule has 0 spiro atoms. The normalized spacial score (nSPS) is 19.9. The van der Waals surface area contributed by atoms with Gasteiger partial charge in [0.15, 0.2) is 5.17 Å². The minimum Gasteiger partial charge on any atom is -0.326 e. The Hall–Kier alpha value is -2.15. The van der Waals surface area contributed by atoms with Crippen molar-refractivity contribution in [2.75, 3.05) is 5.32 Å². The summed E-state index contributed by atoms with van der Waals surface area (Å²) in [5.41, 5.74) is 2.53. The zero-order valence-corrected chi connectivity index (χ0v) is 16.0. The summed E-state index contributed by atoms with van der Waals surface area (Å²) in [6.07, 6.45) is 0.0891. The standard InChI is InChI=1S/C18H24N4O2S/c1-11-8-6-7-9-13(11)19-15(23)10-14-16(24)20-17(25-14)22-21-12(2)18(3,4)5/h6-9,14H,10H2,1-5H3,(H,19,23)(H,20,22,24)/b21-12-/t14-/m1/s1. The molecule has 2 rings (SSSR count). The van der Waals surface area contributed by atoms with Gasteiger partial charge in [0, 0.05) is 23.2 Å². The minimum absolute atomic E-state index is 0.0792. The lowest BCUT2D eigenvalue weighted by atomic mass is 9.91. The molecule has 1 atom stereocenters. The Bertz CT molecular complexity index is 735. The average Bonchev–Trinajstić information content (AvgIpc) is 2.86. The lowest BCUT2D eigenvalue weighted by molar-refractivity contribution is -0.122. The van der Waals surface area contributed by atoms with E-state index in [-0.39, 0.29) is 23.7 Å². The predicted octanol–water partition coefficient (Wildman–Crippen LogP) is 3.33.